The van der Waals surface area contributed by atoms with Gasteiger partial charge in [-0.15, -0.1) is 0 Å². The molecule has 4 rings (SSSR count). The van der Waals surface area contributed by atoms with E-state index in [0.717, 1.165) is 17.2 Å². The molecule has 1 aromatic heterocycles. The van der Waals surface area contributed by atoms with Crippen molar-refractivity contribution in [3.05, 3.63) is 83.6 Å². The van der Waals surface area contributed by atoms with Gasteiger partial charge in [-0.1, -0.05) is 54.6 Å². The van der Waals surface area contributed by atoms with Crippen molar-refractivity contribution in [2.45, 2.75) is 6.54 Å². The zero-order valence-corrected chi connectivity index (χ0v) is 13.6. The third-order valence-electron chi connectivity index (χ3n) is 4.57. The van der Waals surface area contributed by atoms with E-state index in [1.54, 1.807) is 6.07 Å². The van der Waals surface area contributed by atoms with Crippen LogP contribution in [0.1, 0.15) is 21.5 Å². The third kappa shape index (κ3) is 2.58. The Morgan fingerprint density at radius 3 is 2.64 bits per heavy atom. The Balaban J connectivity index is 1.89. The normalized spacial score (nSPS) is 11.0. The number of benzene rings is 3. The van der Waals surface area contributed by atoms with Gasteiger partial charge in [-0.05, 0) is 22.4 Å². The maximum atomic E-state index is 11.4. The summed E-state index contributed by atoms with van der Waals surface area (Å²) in [6, 6.07) is 20.0. The molecule has 25 heavy (non-hydrogen) atoms. The van der Waals surface area contributed by atoms with Gasteiger partial charge in [0.25, 0.3) is 0 Å². The van der Waals surface area contributed by atoms with Crippen LogP contribution in [-0.4, -0.2) is 16.7 Å². The second kappa shape index (κ2) is 5.91. The highest BCUT2D eigenvalue weighted by Gasteiger charge is 2.11. The SMILES string of the molecule is N=C(N)c1ccc2c(C=O)cn(Cc3cccc4ccccc34)c2c1. The van der Waals surface area contributed by atoms with Crippen LogP contribution in [0.5, 0.6) is 0 Å². The number of nitrogens with two attached hydrogens (primary N) is 1. The molecule has 4 aromatic rings. The summed E-state index contributed by atoms with van der Waals surface area (Å²) in [6.45, 7) is 0.646. The number of hydrogen-bond acceptors (Lipinski definition) is 2. The number of hydrogen-bond donors (Lipinski definition) is 2. The van der Waals surface area contributed by atoms with Gasteiger partial charge in [0.2, 0.25) is 0 Å². The molecular formula is C21H17N3O. The van der Waals surface area contributed by atoms with E-state index in [-0.39, 0.29) is 5.84 Å². The molecule has 3 N–H and O–H groups in total. The molecule has 3 aromatic carbocycles. The molecule has 0 saturated heterocycles. The van der Waals surface area contributed by atoms with Crippen molar-refractivity contribution in [1.82, 2.24) is 4.57 Å². The first-order valence-electron chi connectivity index (χ1n) is 8.06. The van der Waals surface area contributed by atoms with Crippen LogP contribution in [0.2, 0.25) is 0 Å². The number of aromatic nitrogens is 1. The highest BCUT2D eigenvalue weighted by Crippen LogP contribution is 2.25. The van der Waals surface area contributed by atoms with Gasteiger partial charge in [0, 0.05) is 34.8 Å². The van der Waals surface area contributed by atoms with Crippen LogP contribution in [-0.2, 0) is 6.54 Å². The summed E-state index contributed by atoms with van der Waals surface area (Å²) < 4.78 is 2.05. The third-order valence-corrected chi connectivity index (χ3v) is 4.57. The second-order valence-electron chi connectivity index (χ2n) is 6.11. The number of nitrogens with zero attached hydrogens (tertiary/aromatic N) is 1. The minimum atomic E-state index is 0.0208. The van der Waals surface area contributed by atoms with Crippen molar-refractivity contribution in [2.75, 3.05) is 0 Å². The summed E-state index contributed by atoms with van der Waals surface area (Å²) >= 11 is 0. The van der Waals surface area contributed by atoms with E-state index in [9.17, 15) is 4.79 Å². The fourth-order valence-electron chi connectivity index (χ4n) is 3.33. The van der Waals surface area contributed by atoms with Gasteiger partial charge in [0.1, 0.15) is 5.84 Å². The predicted octanol–water partition coefficient (Wildman–Crippen LogP) is 3.94. The molecular weight excluding hydrogens is 310 g/mol. The Kier molecular flexibility index (Phi) is 3.58. The minimum Gasteiger partial charge on any atom is -0.384 e. The quantitative estimate of drug-likeness (QED) is 0.338. The average Bonchev–Trinajstić information content (AvgIpc) is 2.99. The molecule has 4 nitrogen and oxygen atoms in total. The van der Waals surface area contributed by atoms with Crippen molar-refractivity contribution in [1.29, 1.82) is 5.41 Å². The number of amidine groups is 1. The molecule has 0 fully saturated rings. The van der Waals surface area contributed by atoms with E-state index in [0.29, 0.717) is 17.7 Å². The first-order chi connectivity index (χ1) is 12.2. The van der Waals surface area contributed by atoms with Crippen molar-refractivity contribution < 1.29 is 4.79 Å². The highest BCUT2D eigenvalue weighted by atomic mass is 16.1. The van der Waals surface area contributed by atoms with Crippen LogP contribution in [0.3, 0.4) is 0 Å². The van der Waals surface area contributed by atoms with E-state index in [1.165, 1.54) is 16.3 Å². The standard InChI is InChI=1S/C21H17N3O/c22-21(23)15-8-9-19-17(13-25)12-24(20(19)10-15)11-16-6-3-5-14-4-1-2-7-18(14)16/h1-10,12-13H,11H2,(H3,22,23). The predicted molar refractivity (Wildman–Crippen MR) is 101 cm³/mol. The lowest BCUT2D eigenvalue weighted by atomic mass is 10.0. The van der Waals surface area contributed by atoms with Crippen LogP contribution in [0.15, 0.2) is 66.9 Å². The number of aldehydes is 1. The molecule has 4 heteroatoms. The zero-order valence-electron chi connectivity index (χ0n) is 13.6. The molecule has 0 aliphatic heterocycles. The van der Waals surface area contributed by atoms with Gasteiger partial charge < -0.3 is 10.3 Å². The Morgan fingerprint density at radius 2 is 1.84 bits per heavy atom. The monoisotopic (exact) mass is 327 g/mol. The van der Waals surface area contributed by atoms with Gasteiger partial charge in [-0.2, -0.15) is 0 Å². The summed E-state index contributed by atoms with van der Waals surface area (Å²) in [5.41, 5.74) is 9.01. The summed E-state index contributed by atoms with van der Waals surface area (Å²) in [5, 5.41) is 10.9. The highest BCUT2D eigenvalue weighted by molar-refractivity contribution is 6.03. The molecule has 0 radical (unpaired) electrons. The van der Waals surface area contributed by atoms with Crippen molar-refractivity contribution >= 4 is 33.8 Å². The van der Waals surface area contributed by atoms with E-state index in [1.807, 2.05) is 41.1 Å². The Labute approximate surface area is 145 Å². The van der Waals surface area contributed by atoms with Gasteiger partial charge in [0.05, 0.1) is 0 Å². The first-order valence-corrected chi connectivity index (χ1v) is 8.06. The largest absolute Gasteiger partial charge is 0.384 e. The maximum absolute atomic E-state index is 11.4. The number of fused-ring (bicyclic) bond motifs is 2. The number of carbonyl (C=O) groups is 1. The summed E-state index contributed by atoms with van der Waals surface area (Å²) in [7, 11) is 0. The number of nitrogens with one attached hydrogen (secondary N) is 1. The lowest BCUT2D eigenvalue weighted by Crippen LogP contribution is -2.11. The maximum Gasteiger partial charge on any atom is 0.152 e. The van der Waals surface area contributed by atoms with Crippen LogP contribution >= 0.6 is 0 Å². The van der Waals surface area contributed by atoms with Crippen molar-refractivity contribution in [3.63, 3.8) is 0 Å². The molecule has 0 unspecified atom stereocenters. The van der Waals surface area contributed by atoms with E-state index in [2.05, 4.69) is 24.3 Å². The van der Waals surface area contributed by atoms with Crippen LogP contribution in [0.25, 0.3) is 21.7 Å². The van der Waals surface area contributed by atoms with Crippen molar-refractivity contribution in [3.8, 4) is 0 Å². The smallest absolute Gasteiger partial charge is 0.152 e. The molecule has 0 aliphatic carbocycles. The molecule has 1 heterocycles. The van der Waals surface area contributed by atoms with E-state index in [4.69, 9.17) is 11.1 Å². The number of nitrogen functional groups attached to an aromatic ring is 1. The Hall–Kier alpha value is -3.40. The van der Waals surface area contributed by atoms with E-state index < -0.39 is 0 Å². The minimum absolute atomic E-state index is 0.0208. The summed E-state index contributed by atoms with van der Waals surface area (Å²) in [4.78, 5) is 11.4. The summed E-state index contributed by atoms with van der Waals surface area (Å²) in [5.74, 6) is 0.0208. The Bertz CT molecular complexity index is 1120. The number of carbonyl (C=O) groups excluding carboxylic acids is 1. The molecule has 0 bridgehead atoms. The van der Waals surface area contributed by atoms with Gasteiger partial charge in [0.15, 0.2) is 6.29 Å². The van der Waals surface area contributed by atoms with Crippen molar-refractivity contribution in [2.24, 2.45) is 5.73 Å². The fraction of sp³-hybridized carbons (Fsp3) is 0.0476. The van der Waals surface area contributed by atoms with Crippen LogP contribution in [0, 0.1) is 5.41 Å². The zero-order chi connectivity index (χ0) is 17.4. The topological polar surface area (TPSA) is 71.9 Å². The second-order valence-corrected chi connectivity index (χ2v) is 6.11. The van der Waals surface area contributed by atoms with E-state index >= 15 is 0 Å². The van der Waals surface area contributed by atoms with Gasteiger partial charge in [-0.3, -0.25) is 10.2 Å². The van der Waals surface area contributed by atoms with Crippen LogP contribution < -0.4 is 5.73 Å². The Morgan fingerprint density at radius 1 is 1.04 bits per heavy atom. The first kappa shape index (κ1) is 15.1. The van der Waals surface area contributed by atoms with Gasteiger partial charge in [-0.25, -0.2) is 0 Å². The fourth-order valence-corrected chi connectivity index (χ4v) is 3.33. The number of rotatable bonds is 4. The molecule has 0 spiro atoms. The molecule has 0 amide bonds. The molecule has 0 atom stereocenters. The lowest BCUT2D eigenvalue weighted by molar-refractivity contribution is 0.112. The summed E-state index contributed by atoms with van der Waals surface area (Å²) in [6.07, 6.45) is 2.73. The molecule has 0 saturated carbocycles. The van der Waals surface area contributed by atoms with Crippen LogP contribution in [0.4, 0.5) is 0 Å². The molecule has 122 valence electrons. The van der Waals surface area contributed by atoms with Gasteiger partial charge >= 0.3 is 0 Å². The average molecular weight is 327 g/mol. The lowest BCUT2D eigenvalue weighted by Gasteiger charge is -2.10. The molecule has 0 aliphatic rings.